The van der Waals surface area contributed by atoms with E-state index in [1.165, 1.54) is 7.11 Å². The number of hydrogen-bond donors (Lipinski definition) is 1. The summed E-state index contributed by atoms with van der Waals surface area (Å²) in [6.07, 6.45) is 2.27. The smallest absolute Gasteiger partial charge is 0.324 e. The fraction of sp³-hybridized carbons (Fsp3) is 0.929. The first-order chi connectivity index (χ1) is 9.12. The van der Waals surface area contributed by atoms with Gasteiger partial charge in [0.1, 0.15) is 6.04 Å². The third-order valence-electron chi connectivity index (χ3n) is 3.60. The first kappa shape index (κ1) is 16.4. The van der Waals surface area contributed by atoms with E-state index in [4.69, 9.17) is 9.47 Å². The van der Waals surface area contributed by atoms with Crippen molar-refractivity contribution in [2.45, 2.75) is 51.8 Å². The Labute approximate surface area is 116 Å². The molecule has 1 heterocycles. The summed E-state index contributed by atoms with van der Waals surface area (Å²) in [6, 6.07) is 0.149. The highest BCUT2D eigenvalue weighted by atomic mass is 16.5. The van der Waals surface area contributed by atoms with Crippen molar-refractivity contribution in [1.82, 2.24) is 10.2 Å². The molecule has 0 aromatic carbocycles. The molecule has 1 N–H and O–H groups in total. The van der Waals surface area contributed by atoms with Crippen molar-refractivity contribution in [1.29, 1.82) is 0 Å². The summed E-state index contributed by atoms with van der Waals surface area (Å²) in [5.41, 5.74) is 0. The number of ether oxygens (including phenoxy) is 2. The molecule has 0 saturated carbocycles. The van der Waals surface area contributed by atoms with Crippen LogP contribution < -0.4 is 5.32 Å². The van der Waals surface area contributed by atoms with Crippen LogP contribution in [0.3, 0.4) is 0 Å². The van der Waals surface area contributed by atoms with Crippen LogP contribution in [-0.4, -0.2) is 62.4 Å². The molecule has 19 heavy (non-hydrogen) atoms. The van der Waals surface area contributed by atoms with Gasteiger partial charge in [-0.3, -0.25) is 9.69 Å². The molecule has 5 heteroatoms. The van der Waals surface area contributed by atoms with Crippen LogP contribution in [0.5, 0.6) is 0 Å². The first-order valence-corrected chi connectivity index (χ1v) is 7.29. The highest BCUT2D eigenvalue weighted by Gasteiger charge is 2.30. The topological polar surface area (TPSA) is 50.8 Å². The summed E-state index contributed by atoms with van der Waals surface area (Å²) in [6.45, 7) is 9.47. The van der Waals surface area contributed by atoms with Gasteiger partial charge >= 0.3 is 5.97 Å². The number of methoxy groups -OCH3 is 1. The number of carbonyl (C=O) groups is 1. The van der Waals surface area contributed by atoms with Crippen LogP contribution in [0.2, 0.25) is 0 Å². The molecule has 3 atom stereocenters. The minimum atomic E-state index is -0.246. The molecule has 3 unspecified atom stereocenters. The number of esters is 1. The quantitative estimate of drug-likeness (QED) is 0.702. The van der Waals surface area contributed by atoms with Gasteiger partial charge in [-0.25, -0.2) is 0 Å². The molecule has 0 spiro atoms. The lowest BCUT2D eigenvalue weighted by molar-refractivity contribution is -0.144. The molecule has 1 aliphatic rings. The number of nitrogens with zero attached hydrogens (tertiary/aromatic N) is 1. The minimum absolute atomic E-state index is 0.178. The maximum Gasteiger partial charge on any atom is 0.324 e. The molecule has 0 aliphatic carbocycles. The second kappa shape index (κ2) is 8.51. The Morgan fingerprint density at radius 3 is 2.84 bits per heavy atom. The number of carbonyl (C=O) groups excluding carboxylic acids is 1. The first-order valence-electron chi connectivity index (χ1n) is 7.29. The Hall–Kier alpha value is -0.650. The molecule has 0 radical (unpaired) electrons. The zero-order chi connectivity index (χ0) is 14.3. The monoisotopic (exact) mass is 272 g/mol. The minimum Gasteiger partial charge on any atom is -0.468 e. The molecule has 1 fully saturated rings. The van der Waals surface area contributed by atoms with E-state index in [1.54, 1.807) is 0 Å². The average molecular weight is 272 g/mol. The lowest BCUT2D eigenvalue weighted by Gasteiger charge is -2.39. The van der Waals surface area contributed by atoms with E-state index in [0.717, 1.165) is 32.5 Å². The van der Waals surface area contributed by atoms with Crippen LogP contribution in [0.15, 0.2) is 0 Å². The molecule has 0 amide bonds. The number of hydrogen-bond acceptors (Lipinski definition) is 5. The fourth-order valence-corrected chi connectivity index (χ4v) is 2.43. The predicted octanol–water partition coefficient (Wildman–Crippen LogP) is 1.03. The zero-order valence-corrected chi connectivity index (χ0v) is 12.6. The van der Waals surface area contributed by atoms with E-state index in [0.29, 0.717) is 12.6 Å². The van der Waals surface area contributed by atoms with Crippen molar-refractivity contribution in [3.05, 3.63) is 0 Å². The van der Waals surface area contributed by atoms with Gasteiger partial charge in [0.05, 0.1) is 19.8 Å². The zero-order valence-electron chi connectivity index (χ0n) is 12.6. The number of morpholine rings is 1. The molecule has 0 aromatic rings. The van der Waals surface area contributed by atoms with E-state index < -0.39 is 0 Å². The normalized spacial score (nSPS) is 26.1. The van der Waals surface area contributed by atoms with Gasteiger partial charge in [0.15, 0.2) is 0 Å². The molecule has 5 nitrogen and oxygen atoms in total. The fourth-order valence-electron chi connectivity index (χ4n) is 2.43. The van der Waals surface area contributed by atoms with Crippen molar-refractivity contribution in [2.24, 2.45) is 0 Å². The van der Waals surface area contributed by atoms with Gasteiger partial charge in [-0.05, 0) is 26.3 Å². The Kier molecular flexibility index (Phi) is 7.34. The predicted molar refractivity (Wildman–Crippen MR) is 75.2 cm³/mol. The van der Waals surface area contributed by atoms with Gasteiger partial charge < -0.3 is 14.8 Å². The maximum absolute atomic E-state index is 11.8. The summed E-state index contributed by atoms with van der Waals surface area (Å²) < 4.78 is 10.6. The second-order valence-electron chi connectivity index (χ2n) is 5.19. The summed E-state index contributed by atoms with van der Waals surface area (Å²) >= 11 is 0. The van der Waals surface area contributed by atoms with Crippen LogP contribution in [0.1, 0.15) is 33.6 Å². The Morgan fingerprint density at radius 2 is 2.26 bits per heavy atom. The Bertz CT molecular complexity index is 273. The molecular weight excluding hydrogens is 244 g/mol. The largest absolute Gasteiger partial charge is 0.468 e. The van der Waals surface area contributed by atoms with Gasteiger partial charge in [-0.2, -0.15) is 0 Å². The van der Waals surface area contributed by atoms with E-state index in [9.17, 15) is 4.79 Å². The van der Waals surface area contributed by atoms with Crippen LogP contribution in [-0.2, 0) is 14.3 Å². The summed E-state index contributed by atoms with van der Waals surface area (Å²) in [5, 5.41) is 3.27. The van der Waals surface area contributed by atoms with E-state index >= 15 is 0 Å². The standard InChI is InChI=1S/C14H28N2O3/c1-5-7-15-13(14(17)18-4)9-16-8-11(3)19-10-12(16)6-2/h11-13,15H,5-10H2,1-4H3. The lowest BCUT2D eigenvalue weighted by atomic mass is 10.1. The van der Waals surface area contributed by atoms with Gasteiger partial charge in [-0.1, -0.05) is 13.8 Å². The summed E-state index contributed by atoms with van der Waals surface area (Å²) in [5.74, 6) is -0.178. The Balaban J connectivity index is 2.61. The summed E-state index contributed by atoms with van der Waals surface area (Å²) in [7, 11) is 1.45. The highest BCUT2D eigenvalue weighted by molar-refractivity contribution is 5.75. The van der Waals surface area contributed by atoms with E-state index in [1.807, 2.05) is 0 Å². The molecule has 0 bridgehead atoms. The van der Waals surface area contributed by atoms with Crippen molar-refractivity contribution < 1.29 is 14.3 Å². The van der Waals surface area contributed by atoms with Crippen LogP contribution in [0.25, 0.3) is 0 Å². The van der Waals surface area contributed by atoms with Gasteiger partial charge in [0, 0.05) is 19.1 Å². The molecule has 1 rings (SSSR count). The van der Waals surface area contributed by atoms with Crippen molar-refractivity contribution in [2.75, 3.05) is 33.4 Å². The number of rotatable bonds is 7. The molecule has 112 valence electrons. The van der Waals surface area contributed by atoms with E-state index in [2.05, 4.69) is 31.0 Å². The van der Waals surface area contributed by atoms with Crippen LogP contribution in [0, 0.1) is 0 Å². The third kappa shape index (κ3) is 5.09. The van der Waals surface area contributed by atoms with Gasteiger partial charge in [-0.15, -0.1) is 0 Å². The van der Waals surface area contributed by atoms with Crippen molar-refractivity contribution in [3.63, 3.8) is 0 Å². The van der Waals surface area contributed by atoms with Crippen molar-refractivity contribution in [3.8, 4) is 0 Å². The lowest BCUT2D eigenvalue weighted by Crippen LogP contribution is -2.55. The van der Waals surface area contributed by atoms with Crippen LogP contribution in [0.4, 0.5) is 0 Å². The third-order valence-corrected chi connectivity index (χ3v) is 3.60. The van der Waals surface area contributed by atoms with E-state index in [-0.39, 0.29) is 18.1 Å². The molecule has 0 aromatic heterocycles. The maximum atomic E-state index is 11.8. The highest BCUT2D eigenvalue weighted by Crippen LogP contribution is 2.15. The van der Waals surface area contributed by atoms with Crippen molar-refractivity contribution >= 4 is 5.97 Å². The molecule has 1 saturated heterocycles. The average Bonchev–Trinajstić information content (AvgIpc) is 2.42. The van der Waals surface area contributed by atoms with Gasteiger partial charge in [0.25, 0.3) is 0 Å². The molecule has 1 aliphatic heterocycles. The SMILES string of the molecule is CCCNC(CN1CC(C)OCC1CC)C(=O)OC. The van der Waals surface area contributed by atoms with Gasteiger partial charge in [0.2, 0.25) is 0 Å². The van der Waals surface area contributed by atoms with Crippen LogP contribution >= 0.6 is 0 Å². The summed E-state index contributed by atoms with van der Waals surface area (Å²) in [4.78, 5) is 14.2. The number of nitrogens with one attached hydrogen (secondary N) is 1. The molecular formula is C14H28N2O3. The Morgan fingerprint density at radius 1 is 1.53 bits per heavy atom. The second-order valence-corrected chi connectivity index (χ2v) is 5.19.